The molecule has 6 nitrogen and oxygen atoms in total. The van der Waals surface area contributed by atoms with Gasteiger partial charge in [-0.15, -0.1) is 24.0 Å². The molecule has 1 aliphatic heterocycles. The summed E-state index contributed by atoms with van der Waals surface area (Å²) in [6, 6.07) is 10.1. The number of nitrogens with one attached hydrogen (secondary N) is 2. The van der Waals surface area contributed by atoms with Crippen LogP contribution in [0.15, 0.2) is 46.1 Å². The molecule has 0 saturated carbocycles. The summed E-state index contributed by atoms with van der Waals surface area (Å²) in [6.07, 6.45) is 2.42. The van der Waals surface area contributed by atoms with Crippen molar-refractivity contribution in [1.82, 2.24) is 15.8 Å². The summed E-state index contributed by atoms with van der Waals surface area (Å²) >= 11 is 0. The third kappa shape index (κ3) is 5.10. The lowest BCUT2D eigenvalue weighted by molar-refractivity contribution is 0.0694. The van der Waals surface area contributed by atoms with Gasteiger partial charge in [-0.2, -0.15) is 0 Å². The molecule has 0 fully saturated rings. The quantitative estimate of drug-likeness (QED) is 0.418. The molecule has 0 saturated heterocycles. The molecule has 1 unspecified atom stereocenters. The summed E-state index contributed by atoms with van der Waals surface area (Å²) < 4.78 is 10.9. The third-order valence-electron chi connectivity index (χ3n) is 3.92. The molecule has 2 aromatic rings. The van der Waals surface area contributed by atoms with Crippen LogP contribution in [0.2, 0.25) is 0 Å². The summed E-state index contributed by atoms with van der Waals surface area (Å²) in [5, 5.41) is 10.7. The molecule has 0 radical (unpaired) electrons. The highest BCUT2D eigenvalue weighted by atomic mass is 127. The number of halogens is 1. The average Bonchev–Trinajstić information content (AvgIpc) is 3.05. The van der Waals surface area contributed by atoms with Gasteiger partial charge in [-0.1, -0.05) is 23.4 Å². The highest BCUT2D eigenvalue weighted by molar-refractivity contribution is 14.0. The van der Waals surface area contributed by atoms with Crippen LogP contribution in [0, 0.1) is 0 Å². The summed E-state index contributed by atoms with van der Waals surface area (Å²) in [5.74, 6) is 1.69. The van der Waals surface area contributed by atoms with Crippen molar-refractivity contribution in [2.75, 3.05) is 6.54 Å². The highest BCUT2D eigenvalue weighted by Crippen LogP contribution is 2.39. The van der Waals surface area contributed by atoms with Crippen molar-refractivity contribution < 1.29 is 9.26 Å². The molecule has 25 heavy (non-hydrogen) atoms. The second-order valence-corrected chi connectivity index (χ2v) is 6.49. The first-order chi connectivity index (χ1) is 11.6. The standard InChI is InChI=1S/C18H24N4O2.HI/c1-4-19-17(20-12-13-9-10-23-22-13)21-15-11-18(2,3)24-16-8-6-5-7-14(15)16;/h5-10,15H,4,11-12H2,1-3H3,(H2,19,20,21);1H. The van der Waals surface area contributed by atoms with Crippen molar-refractivity contribution in [3.8, 4) is 5.75 Å². The number of hydrogen-bond acceptors (Lipinski definition) is 4. The second kappa shape index (κ2) is 8.55. The van der Waals surface area contributed by atoms with Crippen molar-refractivity contribution >= 4 is 29.9 Å². The number of hydrogen-bond donors (Lipinski definition) is 2. The first-order valence-corrected chi connectivity index (χ1v) is 8.29. The monoisotopic (exact) mass is 456 g/mol. The molecule has 1 aromatic carbocycles. The summed E-state index contributed by atoms with van der Waals surface area (Å²) in [4.78, 5) is 4.60. The van der Waals surface area contributed by atoms with E-state index >= 15 is 0 Å². The Hall–Kier alpha value is -1.77. The second-order valence-electron chi connectivity index (χ2n) is 6.49. The third-order valence-corrected chi connectivity index (χ3v) is 3.92. The van der Waals surface area contributed by atoms with E-state index in [1.54, 1.807) is 6.26 Å². The average molecular weight is 456 g/mol. The van der Waals surface area contributed by atoms with Gasteiger partial charge in [0, 0.05) is 24.6 Å². The van der Waals surface area contributed by atoms with Crippen molar-refractivity contribution in [1.29, 1.82) is 0 Å². The van der Waals surface area contributed by atoms with Crippen LogP contribution in [0.1, 0.15) is 44.5 Å². The molecule has 0 spiro atoms. The van der Waals surface area contributed by atoms with Crippen molar-refractivity contribution in [3.63, 3.8) is 0 Å². The number of aliphatic imine (C=N–C) groups is 1. The van der Waals surface area contributed by atoms with E-state index in [9.17, 15) is 0 Å². The molecular formula is C18H25IN4O2. The van der Waals surface area contributed by atoms with Crippen LogP contribution < -0.4 is 15.4 Å². The van der Waals surface area contributed by atoms with Gasteiger partial charge in [-0.25, -0.2) is 4.99 Å². The molecule has 136 valence electrons. The first kappa shape index (κ1) is 19.6. The molecule has 7 heteroatoms. The van der Waals surface area contributed by atoms with Gasteiger partial charge in [0.15, 0.2) is 5.96 Å². The molecule has 2 N–H and O–H groups in total. The number of nitrogens with zero attached hydrogens (tertiary/aromatic N) is 2. The molecule has 1 aliphatic rings. The number of aromatic nitrogens is 1. The number of guanidine groups is 1. The maximum Gasteiger partial charge on any atom is 0.192 e. The van der Waals surface area contributed by atoms with Gasteiger partial charge >= 0.3 is 0 Å². The van der Waals surface area contributed by atoms with Gasteiger partial charge in [0.05, 0.1) is 12.6 Å². The Morgan fingerprint density at radius 2 is 2.12 bits per heavy atom. The predicted octanol–water partition coefficient (Wildman–Crippen LogP) is 3.65. The van der Waals surface area contributed by atoms with E-state index in [0.717, 1.165) is 35.9 Å². The highest BCUT2D eigenvalue weighted by Gasteiger charge is 2.33. The molecule has 3 rings (SSSR count). The van der Waals surface area contributed by atoms with Crippen molar-refractivity contribution in [2.45, 2.75) is 45.4 Å². The predicted molar refractivity (Wildman–Crippen MR) is 108 cm³/mol. The molecule has 2 heterocycles. The Labute approximate surface area is 165 Å². The lowest BCUT2D eigenvalue weighted by atomic mass is 9.90. The van der Waals surface area contributed by atoms with Crippen LogP contribution in [-0.4, -0.2) is 23.3 Å². The normalized spacial score (nSPS) is 18.5. The maximum absolute atomic E-state index is 6.09. The molecular weight excluding hydrogens is 431 g/mol. The van der Waals surface area contributed by atoms with Gasteiger partial charge in [-0.05, 0) is 26.8 Å². The fraction of sp³-hybridized carbons (Fsp3) is 0.444. The van der Waals surface area contributed by atoms with Gasteiger partial charge in [0.2, 0.25) is 0 Å². The Morgan fingerprint density at radius 3 is 2.84 bits per heavy atom. The lowest BCUT2D eigenvalue weighted by Gasteiger charge is -2.38. The maximum atomic E-state index is 6.09. The smallest absolute Gasteiger partial charge is 0.192 e. The Bertz CT molecular complexity index is 701. The lowest BCUT2D eigenvalue weighted by Crippen LogP contribution is -2.45. The zero-order chi connectivity index (χ0) is 17.0. The minimum Gasteiger partial charge on any atom is -0.487 e. The number of benzene rings is 1. The van der Waals surface area contributed by atoms with E-state index in [0.29, 0.717) is 6.54 Å². The number of ether oxygens (including phenoxy) is 1. The number of fused-ring (bicyclic) bond motifs is 1. The molecule has 0 aliphatic carbocycles. The SMILES string of the molecule is CCNC(=NCc1ccon1)NC1CC(C)(C)Oc2ccccc21.I. The van der Waals surface area contributed by atoms with E-state index in [1.807, 2.05) is 24.3 Å². The minimum absolute atomic E-state index is 0. The van der Waals surface area contributed by atoms with E-state index in [1.165, 1.54) is 0 Å². The first-order valence-electron chi connectivity index (χ1n) is 8.29. The van der Waals surface area contributed by atoms with Crippen molar-refractivity contribution in [2.24, 2.45) is 4.99 Å². The molecule has 0 bridgehead atoms. The minimum atomic E-state index is -0.227. The number of para-hydroxylation sites is 1. The Kier molecular flexibility index (Phi) is 6.69. The van der Waals surface area contributed by atoms with Gasteiger partial charge < -0.3 is 19.9 Å². The van der Waals surface area contributed by atoms with Gasteiger partial charge in [-0.3, -0.25) is 0 Å². The zero-order valence-corrected chi connectivity index (χ0v) is 17.1. The van der Waals surface area contributed by atoms with Gasteiger partial charge in [0.25, 0.3) is 0 Å². The fourth-order valence-electron chi connectivity index (χ4n) is 2.90. The fourth-order valence-corrected chi connectivity index (χ4v) is 2.90. The molecule has 0 amide bonds. The molecule has 1 atom stereocenters. The Balaban J connectivity index is 0.00000225. The van der Waals surface area contributed by atoms with E-state index in [4.69, 9.17) is 9.26 Å². The zero-order valence-electron chi connectivity index (χ0n) is 14.8. The van der Waals surface area contributed by atoms with Crippen LogP contribution in [-0.2, 0) is 6.54 Å². The van der Waals surface area contributed by atoms with Crippen LogP contribution >= 0.6 is 24.0 Å². The molecule has 1 aromatic heterocycles. The van der Waals surface area contributed by atoms with Crippen LogP contribution in [0.4, 0.5) is 0 Å². The van der Waals surface area contributed by atoms with E-state index in [-0.39, 0.29) is 35.6 Å². The summed E-state index contributed by atoms with van der Waals surface area (Å²) in [5.41, 5.74) is 1.74. The van der Waals surface area contributed by atoms with E-state index in [2.05, 4.69) is 47.6 Å². The van der Waals surface area contributed by atoms with Crippen LogP contribution in [0.3, 0.4) is 0 Å². The topological polar surface area (TPSA) is 71.7 Å². The van der Waals surface area contributed by atoms with Crippen LogP contribution in [0.5, 0.6) is 5.75 Å². The Morgan fingerprint density at radius 1 is 1.32 bits per heavy atom. The van der Waals surface area contributed by atoms with Gasteiger partial charge in [0.1, 0.15) is 23.3 Å². The number of rotatable bonds is 4. The summed E-state index contributed by atoms with van der Waals surface area (Å²) in [6.45, 7) is 7.53. The van der Waals surface area contributed by atoms with Crippen molar-refractivity contribution in [3.05, 3.63) is 47.9 Å². The summed E-state index contributed by atoms with van der Waals surface area (Å²) in [7, 11) is 0. The van der Waals surface area contributed by atoms with Crippen LogP contribution in [0.25, 0.3) is 0 Å². The van der Waals surface area contributed by atoms with E-state index < -0.39 is 0 Å². The largest absolute Gasteiger partial charge is 0.487 e.